The van der Waals surface area contributed by atoms with Gasteiger partial charge in [0.05, 0.1) is 19.8 Å². The number of nitrogens with zero attached hydrogens (tertiary/aromatic N) is 1. The molecule has 0 saturated carbocycles. The summed E-state index contributed by atoms with van der Waals surface area (Å²) in [6, 6.07) is 0. The van der Waals surface area contributed by atoms with Gasteiger partial charge >= 0.3 is 16.4 Å². The monoisotopic (exact) mass is 223 g/mol. The van der Waals surface area contributed by atoms with Crippen molar-refractivity contribution in [1.29, 1.82) is 0 Å². The third-order valence-corrected chi connectivity index (χ3v) is 3.06. The number of unbranched alkanes of at least 4 members (excludes halogenated alkanes) is 1. The van der Waals surface area contributed by atoms with Crippen LogP contribution in [0, 0.1) is 0 Å². The number of ether oxygens (including phenoxy) is 1. The van der Waals surface area contributed by atoms with Crippen molar-refractivity contribution in [2.75, 3.05) is 19.8 Å². The molecule has 82 valence electrons. The summed E-state index contributed by atoms with van der Waals surface area (Å²) in [5, 5.41) is 0. The number of amides is 1. The van der Waals surface area contributed by atoms with Gasteiger partial charge in [-0.2, -0.15) is 12.7 Å². The highest BCUT2D eigenvalue weighted by molar-refractivity contribution is 7.85. The zero-order chi connectivity index (χ0) is 10.6. The van der Waals surface area contributed by atoms with Crippen LogP contribution >= 0.6 is 0 Å². The third kappa shape index (κ3) is 2.58. The smallest absolute Gasteiger partial charge is 0.425 e. The Labute approximate surface area is 83.0 Å². The molecule has 14 heavy (non-hydrogen) atoms. The fraction of sp³-hybridized carbons (Fsp3) is 0.857. The fourth-order valence-corrected chi connectivity index (χ4v) is 1.91. The van der Waals surface area contributed by atoms with Crippen LogP contribution in [0.2, 0.25) is 0 Å². The summed E-state index contributed by atoms with van der Waals surface area (Å²) < 4.78 is 31.8. The Morgan fingerprint density at radius 1 is 1.57 bits per heavy atom. The van der Waals surface area contributed by atoms with Gasteiger partial charge in [-0.1, -0.05) is 13.3 Å². The number of carbonyl (C=O) groups is 1. The SMILES string of the molecule is CCCCOC(=O)N1CCOS1(=O)=O. The van der Waals surface area contributed by atoms with Crippen molar-refractivity contribution >= 4 is 16.4 Å². The van der Waals surface area contributed by atoms with Gasteiger partial charge in [0.2, 0.25) is 0 Å². The molecule has 0 aromatic heterocycles. The topological polar surface area (TPSA) is 72.9 Å². The third-order valence-electron chi connectivity index (χ3n) is 1.72. The van der Waals surface area contributed by atoms with E-state index >= 15 is 0 Å². The Balaban J connectivity index is 2.45. The van der Waals surface area contributed by atoms with Gasteiger partial charge in [-0.15, -0.1) is 0 Å². The van der Waals surface area contributed by atoms with Crippen LogP contribution in [-0.4, -0.2) is 38.6 Å². The van der Waals surface area contributed by atoms with Gasteiger partial charge in [0.1, 0.15) is 0 Å². The summed E-state index contributed by atoms with van der Waals surface area (Å²) in [5.41, 5.74) is 0. The molecule has 1 rings (SSSR count). The van der Waals surface area contributed by atoms with Crippen LogP contribution in [0.5, 0.6) is 0 Å². The summed E-state index contributed by atoms with van der Waals surface area (Å²) in [5.74, 6) is 0. The van der Waals surface area contributed by atoms with Crippen LogP contribution < -0.4 is 0 Å². The van der Waals surface area contributed by atoms with Crippen molar-refractivity contribution in [1.82, 2.24) is 4.31 Å². The highest BCUT2D eigenvalue weighted by atomic mass is 32.2. The molecule has 0 radical (unpaired) electrons. The lowest BCUT2D eigenvalue weighted by Crippen LogP contribution is -2.33. The van der Waals surface area contributed by atoms with E-state index in [0.717, 1.165) is 12.8 Å². The molecule has 0 spiro atoms. The minimum atomic E-state index is -3.86. The van der Waals surface area contributed by atoms with Crippen LogP contribution in [-0.2, 0) is 19.2 Å². The molecule has 0 aromatic rings. The molecule has 1 heterocycles. The van der Waals surface area contributed by atoms with Gasteiger partial charge in [-0.25, -0.2) is 4.79 Å². The molecular weight excluding hydrogens is 210 g/mol. The molecule has 0 aliphatic carbocycles. The maximum Gasteiger partial charge on any atom is 0.425 e. The highest BCUT2D eigenvalue weighted by Crippen LogP contribution is 2.12. The molecule has 0 atom stereocenters. The van der Waals surface area contributed by atoms with Crippen LogP contribution in [0.15, 0.2) is 0 Å². The zero-order valence-electron chi connectivity index (χ0n) is 7.93. The molecule has 6 nitrogen and oxygen atoms in total. The van der Waals surface area contributed by atoms with E-state index in [9.17, 15) is 13.2 Å². The van der Waals surface area contributed by atoms with Gasteiger partial charge < -0.3 is 4.74 Å². The van der Waals surface area contributed by atoms with Crippen molar-refractivity contribution in [3.05, 3.63) is 0 Å². The normalized spacial score (nSPS) is 19.6. The molecule has 1 amide bonds. The van der Waals surface area contributed by atoms with E-state index in [1.807, 2.05) is 6.92 Å². The quantitative estimate of drug-likeness (QED) is 0.651. The standard InChI is InChI=1S/C7H13NO5S/c1-2-3-5-12-7(9)8-4-6-13-14(8,10)11/h2-6H2,1H3. The molecule has 1 fully saturated rings. The second-order valence-corrected chi connectivity index (χ2v) is 4.35. The maximum atomic E-state index is 11.2. The molecule has 1 saturated heterocycles. The van der Waals surface area contributed by atoms with E-state index in [1.165, 1.54) is 0 Å². The largest absolute Gasteiger partial charge is 0.449 e. The summed E-state index contributed by atoms with van der Waals surface area (Å²) in [6.45, 7) is 2.23. The molecule has 7 heteroatoms. The molecule has 0 bridgehead atoms. The average molecular weight is 223 g/mol. The first-order valence-corrected chi connectivity index (χ1v) is 5.78. The Morgan fingerprint density at radius 3 is 2.79 bits per heavy atom. The van der Waals surface area contributed by atoms with Crippen molar-refractivity contribution in [3.63, 3.8) is 0 Å². The Bertz CT molecular complexity index is 299. The minimum absolute atomic E-state index is 0.00517. The van der Waals surface area contributed by atoms with Gasteiger partial charge in [-0.05, 0) is 6.42 Å². The second kappa shape index (κ2) is 4.61. The van der Waals surface area contributed by atoms with Crippen molar-refractivity contribution in [2.45, 2.75) is 19.8 Å². The van der Waals surface area contributed by atoms with Crippen molar-refractivity contribution in [3.8, 4) is 0 Å². The predicted molar refractivity (Wildman–Crippen MR) is 47.8 cm³/mol. The van der Waals surface area contributed by atoms with Gasteiger partial charge in [0.25, 0.3) is 0 Å². The first kappa shape index (κ1) is 11.3. The van der Waals surface area contributed by atoms with Crippen molar-refractivity contribution < 1.29 is 22.1 Å². The van der Waals surface area contributed by atoms with E-state index in [1.54, 1.807) is 0 Å². The van der Waals surface area contributed by atoms with Gasteiger partial charge in [-0.3, -0.25) is 4.18 Å². The highest BCUT2D eigenvalue weighted by Gasteiger charge is 2.35. The molecule has 1 aliphatic heterocycles. The maximum absolute atomic E-state index is 11.2. The second-order valence-electron chi connectivity index (χ2n) is 2.82. The number of rotatable bonds is 3. The van der Waals surface area contributed by atoms with E-state index < -0.39 is 16.4 Å². The molecule has 0 unspecified atom stereocenters. The lowest BCUT2D eigenvalue weighted by Gasteiger charge is -2.12. The zero-order valence-corrected chi connectivity index (χ0v) is 8.75. The summed E-state index contributed by atoms with van der Waals surface area (Å²) in [7, 11) is -3.86. The van der Waals surface area contributed by atoms with Gasteiger partial charge in [0, 0.05) is 0 Å². The van der Waals surface area contributed by atoms with E-state index in [2.05, 4.69) is 4.18 Å². The Morgan fingerprint density at radius 2 is 2.29 bits per heavy atom. The summed E-state index contributed by atoms with van der Waals surface area (Å²) >= 11 is 0. The molecular formula is C7H13NO5S. The number of hydrogen-bond acceptors (Lipinski definition) is 5. The number of hydrogen-bond donors (Lipinski definition) is 0. The fourth-order valence-electron chi connectivity index (χ4n) is 0.959. The molecule has 1 aliphatic rings. The average Bonchev–Trinajstić information content (AvgIpc) is 2.45. The first-order valence-electron chi connectivity index (χ1n) is 4.42. The lowest BCUT2D eigenvalue weighted by atomic mass is 10.4. The summed E-state index contributed by atoms with van der Waals surface area (Å²) in [4.78, 5) is 11.2. The molecule has 0 N–H and O–H groups in total. The Kier molecular flexibility index (Phi) is 3.70. The first-order chi connectivity index (χ1) is 6.58. The Hall–Kier alpha value is -0.820. The number of carbonyl (C=O) groups excluding carboxylic acids is 1. The predicted octanol–water partition coefficient (Wildman–Crippen LogP) is 0.500. The van der Waals surface area contributed by atoms with E-state index in [-0.39, 0.29) is 19.8 Å². The lowest BCUT2D eigenvalue weighted by molar-refractivity contribution is 0.126. The van der Waals surface area contributed by atoms with Crippen LogP contribution in [0.4, 0.5) is 4.79 Å². The van der Waals surface area contributed by atoms with Crippen LogP contribution in [0.1, 0.15) is 19.8 Å². The van der Waals surface area contributed by atoms with Crippen LogP contribution in [0.25, 0.3) is 0 Å². The van der Waals surface area contributed by atoms with E-state index in [4.69, 9.17) is 4.74 Å². The summed E-state index contributed by atoms with van der Waals surface area (Å²) in [6.07, 6.45) is 0.757. The van der Waals surface area contributed by atoms with E-state index in [0.29, 0.717) is 4.31 Å². The van der Waals surface area contributed by atoms with Crippen molar-refractivity contribution in [2.24, 2.45) is 0 Å². The van der Waals surface area contributed by atoms with Crippen LogP contribution in [0.3, 0.4) is 0 Å². The molecule has 0 aromatic carbocycles. The minimum Gasteiger partial charge on any atom is -0.449 e. The van der Waals surface area contributed by atoms with Gasteiger partial charge in [0.15, 0.2) is 0 Å².